The van der Waals surface area contributed by atoms with Crippen molar-refractivity contribution >= 4 is 22.6 Å². The molecule has 2 rings (SSSR count). The van der Waals surface area contributed by atoms with Crippen LogP contribution < -0.4 is 9.46 Å². The minimum Gasteiger partial charge on any atom is -0.456 e. The van der Waals surface area contributed by atoms with Crippen LogP contribution in [0.25, 0.3) is 0 Å². The minimum atomic E-state index is -1.42. The van der Waals surface area contributed by atoms with E-state index in [0.717, 1.165) is 12.1 Å². The lowest BCUT2D eigenvalue weighted by atomic mass is 10.1. The number of rotatable bonds is 7. The molecule has 0 aromatic heterocycles. The lowest BCUT2D eigenvalue weighted by molar-refractivity contribution is -0.385. The topological polar surface area (TPSA) is 108 Å². The Labute approximate surface area is 188 Å². The zero-order valence-corrected chi connectivity index (χ0v) is 19.7. The number of benzene rings is 2. The number of hydrogen-bond acceptors (Lipinski definition) is 6. The molecule has 0 fully saturated rings. The first-order valence-corrected chi connectivity index (χ1v) is 11.0. The molecule has 8 nitrogen and oxygen atoms in total. The summed E-state index contributed by atoms with van der Waals surface area (Å²) in [7, 11) is -1.42. The van der Waals surface area contributed by atoms with Crippen molar-refractivity contribution in [2.75, 3.05) is 0 Å². The van der Waals surface area contributed by atoms with Crippen molar-refractivity contribution in [2.24, 2.45) is 0 Å². The van der Waals surface area contributed by atoms with Crippen LogP contribution in [-0.4, -0.2) is 25.4 Å². The van der Waals surface area contributed by atoms with Crippen LogP contribution in [-0.2, 0) is 22.3 Å². The van der Waals surface area contributed by atoms with Crippen LogP contribution in [0.2, 0.25) is 0 Å². The van der Waals surface area contributed by atoms with E-state index in [1.54, 1.807) is 41.5 Å². The normalized spacial score (nSPS) is 12.8. The van der Waals surface area contributed by atoms with Crippen LogP contribution in [0.3, 0.4) is 0 Å². The number of nitrogens with zero attached hydrogens (tertiary/aromatic N) is 1. The highest BCUT2D eigenvalue weighted by Crippen LogP contribution is 2.34. The van der Waals surface area contributed by atoms with Gasteiger partial charge < -0.3 is 9.47 Å². The Kier molecular flexibility index (Phi) is 7.74. The Bertz CT molecular complexity index is 1040. The Hall–Kier alpha value is -2.85. The van der Waals surface area contributed by atoms with E-state index in [9.17, 15) is 23.5 Å². The van der Waals surface area contributed by atoms with Gasteiger partial charge >= 0.3 is 11.7 Å². The maximum Gasteiger partial charge on any atom is 0.338 e. The molecule has 0 aliphatic carbocycles. The fourth-order valence-electron chi connectivity index (χ4n) is 2.47. The van der Waals surface area contributed by atoms with Gasteiger partial charge in [0.05, 0.1) is 26.2 Å². The van der Waals surface area contributed by atoms with E-state index < -0.39 is 43.7 Å². The molecular weight excluding hydrogens is 439 g/mol. The fourth-order valence-corrected chi connectivity index (χ4v) is 3.19. The first-order valence-electron chi connectivity index (χ1n) is 9.81. The second-order valence-electron chi connectivity index (χ2n) is 9.00. The molecule has 0 bridgehead atoms. The van der Waals surface area contributed by atoms with Gasteiger partial charge in [0.25, 0.3) is 0 Å². The Morgan fingerprint density at radius 2 is 1.72 bits per heavy atom. The van der Waals surface area contributed by atoms with Gasteiger partial charge in [-0.25, -0.2) is 18.1 Å². The zero-order chi connectivity index (χ0) is 24.3. The molecule has 0 saturated carbocycles. The number of ether oxygens (including phenoxy) is 2. The number of carbonyl (C=O) groups is 1. The summed E-state index contributed by atoms with van der Waals surface area (Å²) < 4.78 is 39.3. The summed E-state index contributed by atoms with van der Waals surface area (Å²) in [6.07, 6.45) is 0. The third-order valence-corrected chi connectivity index (χ3v) is 5.50. The molecule has 0 radical (unpaired) electrons. The summed E-state index contributed by atoms with van der Waals surface area (Å²) in [5, 5.41) is 11.6. The number of nitro groups is 1. The second kappa shape index (κ2) is 9.74. The molecule has 0 aliphatic rings. The van der Waals surface area contributed by atoms with Crippen molar-refractivity contribution in [3.63, 3.8) is 0 Å². The predicted molar refractivity (Wildman–Crippen MR) is 119 cm³/mol. The smallest absolute Gasteiger partial charge is 0.338 e. The summed E-state index contributed by atoms with van der Waals surface area (Å²) in [6, 6.07) is 7.39. The van der Waals surface area contributed by atoms with E-state index in [-0.39, 0.29) is 23.6 Å². The number of carbonyl (C=O) groups excluding carboxylic acids is 1. The van der Waals surface area contributed by atoms with Crippen molar-refractivity contribution < 1.29 is 27.8 Å². The average molecular weight is 467 g/mol. The summed E-state index contributed by atoms with van der Waals surface area (Å²) in [4.78, 5) is 23.2. The van der Waals surface area contributed by atoms with Crippen LogP contribution in [0.5, 0.6) is 11.5 Å². The van der Waals surface area contributed by atoms with E-state index in [1.807, 2.05) is 0 Å². The monoisotopic (exact) mass is 466 g/mol. The van der Waals surface area contributed by atoms with Crippen molar-refractivity contribution in [3.05, 3.63) is 63.5 Å². The minimum absolute atomic E-state index is 0.000505. The number of esters is 1. The summed E-state index contributed by atoms with van der Waals surface area (Å²) in [6.45, 7) is 10.4. The fraction of sp³-hybridized carbons (Fsp3) is 0.409. The van der Waals surface area contributed by atoms with Crippen molar-refractivity contribution in [2.45, 2.75) is 58.4 Å². The second-order valence-corrected chi connectivity index (χ2v) is 11.0. The van der Waals surface area contributed by atoms with Crippen LogP contribution in [0.15, 0.2) is 36.4 Å². The zero-order valence-electron chi connectivity index (χ0n) is 18.9. The van der Waals surface area contributed by atoms with Gasteiger partial charge in [-0.3, -0.25) is 10.1 Å². The Morgan fingerprint density at radius 1 is 1.09 bits per heavy atom. The number of nitrogens with one attached hydrogen (secondary N) is 1. The van der Waals surface area contributed by atoms with Crippen LogP contribution >= 0.6 is 0 Å². The lowest BCUT2D eigenvalue weighted by Gasteiger charge is -2.20. The van der Waals surface area contributed by atoms with Gasteiger partial charge in [0.15, 0.2) is 0 Å². The van der Waals surface area contributed by atoms with Gasteiger partial charge in [-0.15, -0.1) is 0 Å². The third-order valence-electron chi connectivity index (χ3n) is 3.98. The van der Waals surface area contributed by atoms with E-state index in [0.29, 0.717) is 5.56 Å². The Balaban J connectivity index is 2.35. The van der Waals surface area contributed by atoms with E-state index in [4.69, 9.17) is 9.47 Å². The van der Waals surface area contributed by atoms with Gasteiger partial charge in [-0.2, -0.15) is 0 Å². The molecule has 0 heterocycles. The summed E-state index contributed by atoms with van der Waals surface area (Å²) in [5.74, 6) is -1.22. The average Bonchev–Trinajstić information content (AvgIpc) is 2.65. The highest BCUT2D eigenvalue weighted by molar-refractivity contribution is 7.84. The van der Waals surface area contributed by atoms with Crippen LogP contribution in [0, 0.1) is 15.9 Å². The molecule has 0 spiro atoms. The molecule has 1 atom stereocenters. The number of nitro benzene ring substituents is 1. The van der Waals surface area contributed by atoms with Gasteiger partial charge in [-0.1, -0.05) is 0 Å². The standard InChI is InChI=1S/C22H27FN2O6S/c1-21(2,3)31-20(26)14-7-9-19(17(12-14)25(27)28)30-18-10-8-16(23)11-15(18)13-24-32(29)22(4,5)6/h7-12,24H,13H2,1-6H3. The van der Waals surface area contributed by atoms with Crippen molar-refractivity contribution in [3.8, 4) is 11.5 Å². The predicted octanol–water partition coefficient (Wildman–Crippen LogP) is 5.03. The summed E-state index contributed by atoms with van der Waals surface area (Å²) >= 11 is 0. The first-order chi connectivity index (χ1) is 14.7. The highest BCUT2D eigenvalue weighted by Gasteiger charge is 2.24. The van der Waals surface area contributed by atoms with Crippen molar-refractivity contribution in [1.29, 1.82) is 0 Å². The molecule has 0 aliphatic heterocycles. The van der Waals surface area contributed by atoms with Gasteiger partial charge in [-0.05, 0) is 71.9 Å². The van der Waals surface area contributed by atoms with E-state index in [1.165, 1.54) is 24.3 Å². The van der Waals surface area contributed by atoms with Crippen molar-refractivity contribution in [1.82, 2.24) is 4.72 Å². The molecule has 0 saturated heterocycles. The van der Waals surface area contributed by atoms with Crippen LogP contribution in [0.1, 0.15) is 57.5 Å². The number of halogens is 1. The highest BCUT2D eigenvalue weighted by atomic mass is 32.2. The quantitative estimate of drug-likeness (QED) is 0.348. The Morgan fingerprint density at radius 3 is 2.28 bits per heavy atom. The molecule has 1 N–H and O–H groups in total. The molecule has 2 aromatic rings. The third kappa shape index (κ3) is 7.10. The molecule has 174 valence electrons. The maximum atomic E-state index is 13.8. The molecular formula is C22H27FN2O6S. The van der Waals surface area contributed by atoms with Gasteiger partial charge in [0.1, 0.15) is 17.2 Å². The van der Waals surface area contributed by atoms with E-state index in [2.05, 4.69) is 4.72 Å². The lowest BCUT2D eigenvalue weighted by Crippen LogP contribution is -2.32. The molecule has 10 heteroatoms. The van der Waals surface area contributed by atoms with Crippen LogP contribution in [0.4, 0.5) is 10.1 Å². The molecule has 1 unspecified atom stereocenters. The largest absolute Gasteiger partial charge is 0.456 e. The molecule has 2 aromatic carbocycles. The van der Waals surface area contributed by atoms with Gasteiger partial charge in [0, 0.05) is 18.2 Å². The van der Waals surface area contributed by atoms with E-state index >= 15 is 0 Å². The maximum absolute atomic E-state index is 13.8. The molecule has 0 amide bonds. The number of hydrogen-bond donors (Lipinski definition) is 1. The SMILES string of the molecule is CC(C)(C)OC(=O)c1ccc(Oc2ccc(F)cc2CNS(=O)C(C)(C)C)c([N+](=O)[O-])c1. The molecule has 32 heavy (non-hydrogen) atoms. The summed E-state index contributed by atoms with van der Waals surface area (Å²) in [5.41, 5.74) is -0.881. The van der Waals surface area contributed by atoms with Gasteiger partial charge in [0.2, 0.25) is 5.75 Å². The first kappa shape index (κ1) is 25.4.